The lowest BCUT2D eigenvalue weighted by molar-refractivity contribution is 1.24. The molecule has 0 atom stereocenters. The predicted octanol–water partition coefficient (Wildman–Crippen LogP) is 38.0. The van der Waals surface area contributed by atoms with E-state index in [0.29, 0.717) is 0 Å². The summed E-state index contributed by atoms with van der Waals surface area (Å²) in [5.41, 5.74) is 31.2. The maximum absolute atomic E-state index is 5.28. The van der Waals surface area contributed by atoms with E-state index in [1.165, 1.54) is 102 Å². The van der Waals surface area contributed by atoms with Gasteiger partial charge in [-0.25, -0.2) is 39.9 Å². The van der Waals surface area contributed by atoms with Crippen molar-refractivity contribution < 1.29 is 0 Å². The third-order valence-electron chi connectivity index (χ3n) is 27.0. The first-order valence-electron chi connectivity index (χ1n) is 49.4. The van der Waals surface area contributed by atoms with Crippen molar-refractivity contribution in [2.75, 3.05) is 0 Å². The Hall–Kier alpha value is -18.4. The summed E-state index contributed by atoms with van der Waals surface area (Å²) in [6.45, 7) is 0. The van der Waals surface area contributed by atoms with Crippen molar-refractivity contribution in [2.45, 2.75) is 0 Å². The zero-order chi connectivity index (χ0) is 98.4. The molecular formula is C136H88N8S4. The highest BCUT2D eigenvalue weighted by Crippen LogP contribution is 2.49. The fourth-order valence-electron chi connectivity index (χ4n) is 19.8. The van der Waals surface area contributed by atoms with Crippen LogP contribution in [-0.4, -0.2) is 39.9 Å². The van der Waals surface area contributed by atoms with Gasteiger partial charge in [0.1, 0.15) is 19.3 Å². The van der Waals surface area contributed by atoms with Gasteiger partial charge in [-0.3, -0.25) is 0 Å². The standard InChI is InChI=1S/4C34H22N2S/c1-3-12-23(13-4-1)25-16-11-17-26(22-25)32-31-29-20-9-10-21-30(29)37-34(31)36-33(35-32)28-19-8-7-18-27(28)24-14-5-2-6-15-24;1-3-11-23(12-4-1)24-19-21-26(22-20-24)33-35-32(31-29-17-9-10-18-30(29)37-34(31)36-33)28-16-8-7-15-27(28)25-13-5-2-6-14-25;1-3-11-23(12-4-1)24-19-21-26(22-20-24)32-31-29-17-9-10-18-30(29)37-34(31)36-33(35-32)28-16-8-7-15-27(28)25-13-5-2-6-14-25;1-3-10-23(11-4-1)25-18-20-26(21-19-25)32-31-29-16-7-8-17-30(29)37-34(31)36-33(35-32)28-15-9-14-27(22-28)24-12-5-2-6-13-24/h4*1-22H. The molecule has 0 bridgehead atoms. The summed E-state index contributed by atoms with van der Waals surface area (Å²) in [6.07, 6.45) is 0. The van der Waals surface area contributed by atoms with Crippen LogP contribution in [0.25, 0.3) is 261 Å². The number of rotatable bonds is 16. The first kappa shape index (κ1) is 90.8. The van der Waals surface area contributed by atoms with Crippen molar-refractivity contribution in [2.24, 2.45) is 0 Å². The molecule has 148 heavy (non-hydrogen) atoms. The van der Waals surface area contributed by atoms with Gasteiger partial charge >= 0.3 is 0 Å². The largest absolute Gasteiger partial charge is 0.227 e. The molecule has 0 saturated heterocycles. The number of hydrogen-bond donors (Lipinski definition) is 0. The summed E-state index contributed by atoms with van der Waals surface area (Å²) >= 11 is 6.92. The number of aromatic nitrogens is 8. The second kappa shape index (κ2) is 41.1. The van der Waals surface area contributed by atoms with E-state index in [4.69, 9.17) is 39.9 Å². The summed E-state index contributed by atoms with van der Waals surface area (Å²) in [5, 5.41) is 9.28. The SMILES string of the molecule is c1ccc(-c2ccc(-c3nc(-c4cccc(-c5ccccc5)c4)nc4sc5ccccc5c34)cc2)cc1.c1ccc(-c2ccc(-c3nc(-c4ccccc4-c4ccccc4)c4c(n3)sc3ccccc34)cc2)cc1.c1ccc(-c2ccc(-c3nc(-c4ccccc4-c4ccccc4)nc4sc5ccccc5c34)cc2)cc1.c1ccc(-c2cccc(-c3nc(-c4ccccc4-c4ccccc4)nc4sc5ccccc5c34)c2)cc1. The second-order valence-corrected chi connectivity index (χ2v) is 40.3. The van der Waals surface area contributed by atoms with E-state index >= 15 is 0 Å². The lowest BCUT2D eigenvalue weighted by atomic mass is 9.95. The molecule has 0 unspecified atom stereocenters. The van der Waals surface area contributed by atoms with Crippen molar-refractivity contribution in [3.8, 4) is 180 Å². The van der Waals surface area contributed by atoms with Crippen LogP contribution in [0.4, 0.5) is 0 Å². The molecular weight excluding hydrogens is 1870 g/mol. The Morgan fingerprint density at radius 1 is 0.115 bits per heavy atom. The molecule has 8 heterocycles. The first-order chi connectivity index (χ1) is 73.4. The number of hydrogen-bond acceptors (Lipinski definition) is 12. The van der Waals surface area contributed by atoms with Crippen LogP contribution < -0.4 is 0 Å². The maximum Gasteiger partial charge on any atom is 0.162 e. The zero-order valence-corrected chi connectivity index (χ0v) is 83.3. The van der Waals surface area contributed by atoms with Crippen LogP contribution in [0.5, 0.6) is 0 Å². The van der Waals surface area contributed by atoms with Crippen molar-refractivity contribution >= 4 is 127 Å². The van der Waals surface area contributed by atoms with E-state index < -0.39 is 0 Å². The Bertz CT molecular complexity index is 9670. The highest BCUT2D eigenvalue weighted by atomic mass is 32.1. The Kier molecular flexibility index (Phi) is 25.3. The number of nitrogens with zero attached hydrogens (tertiary/aromatic N) is 8. The van der Waals surface area contributed by atoms with Gasteiger partial charge in [0.2, 0.25) is 0 Å². The molecule has 0 fully saturated rings. The van der Waals surface area contributed by atoms with E-state index in [-0.39, 0.29) is 0 Å². The van der Waals surface area contributed by atoms with Gasteiger partial charge < -0.3 is 0 Å². The maximum atomic E-state index is 5.28. The molecule has 28 rings (SSSR count). The normalized spacial score (nSPS) is 11.2. The van der Waals surface area contributed by atoms with Gasteiger partial charge in [-0.1, -0.05) is 497 Å². The van der Waals surface area contributed by atoms with E-state index in [0.717, 1.165) is 159 Å². The molecule has 0 aliphatic carbocycles. The highest BCUT2D eigenvalue weighted by Gasteiger charge is 2.26. The number of fused-ring (bicyclic) bond motifs is 12. The minimum Gasteiger partial charge on any atom is -0.227 e. The molecule has 12 heteroatoms. The summed E-state index contributed by atoms with van der Waals surface area (Å²) in [4.78, 5) is 45.4. The Morgan fingerprint density at radius 2 is 0.318 bits per heavy atom. The lowest BCUT2D eigenvalue weighted by Gasteiger charge is -2.12. The molecule has 0 amide bonds. The fraction of sp³-hybridized carbons (Fsp3) is 0. The van der Waals surface area contributed by atoms with Gasteiger partial charge in [0.25, 0.3) is 0 Å². The average Bonchev–Trinajstić information content (AvgIpc) is 1.57. The molecule has 20 aromatic carbocycles. The van der Waals surface area contributed by atoms with Crippen LogP contribution in [0.1, 0.15) is 0 Å². The molecule has 0 N–H and O–H groups in total. The molecule has 696 valence electrons. The zero-order valence-electron chi connectivity index (χ0n) is 80.0. The predicted molar refractivity (Wildman–Crippen MR) is 627 cm³/mol. The minimum absolute atomic E-state index is 0.747. The molecule has 0 aliphatic heterocycles. The fourth-order valence-corrected chi connectivity index (χ4v) is 24.1. The van der Waals surface area contributed by atoms with Crippen molar-refractivity contribution in [1.82, 2.24) is 39.9 Å². The quantitative estimate of drug-likeness (QED) is 0.0943. The van der Waals surface area contributed by atoms with E-state index in [1.54, 1.807) is 45.3 Å². The van der Waals surface area contributed by atoms with Crippen LogP contribution in [-0.2, 0) is 0 Å². The first-order valence-corrected chi connectivity index (χ1v) is 52.7. The number of thiophene rings is 4. The Morgan fingerprint density at radius 3 is 0.662 bits per heavy atom. The molecule has 0 radical (unpaired) electrons. The van der Waals surface area contributed by atoms with Crippen LogP contribution in [0.15, 0.2) is 534 Å². The topological polar surface area (TPSA) is 103 Å². The monoisotopic (exact) mass is 1960 g/mol. The summed E-state index contributed by atoms with van der Waals surface area (Å²) in [5.74, 6) is 3.00. The van der Waals surface area contributed by atoms with E-state index in [9.17, 15) is 0 Å². The van der Waals surface area contributed by atoms with Gasteiger partial charge in [-0.2, -0.15) is 0 Å². The molecule has 8 aromatic heterocycles. The number of benzene rings is 20. The van der Waals surface area contributed by atoms with Gasteiger partial charge in [0, 0.05) is 106 Å². The van der Waals surface area contributed by atoms with E-state index in [2.05, 4.69) is 497 Å². The van der Waals surface area contributed by atoms with Crippen molar-refractivity contribution in [1.29, 1.82) is 0 Å². The van der Waals surface area contributed by atoms with Crippen LogP contribution in [0.2, 0.25) is 0 Å². The van der Waals surface area contributed by atoms with Gasteiger partial charge in [-0.05, 0) is 125 Å². The third-order valence-corrected chi connectivity index (χ3v) is 31.2. The molecule has 8 nitrogen and oxygen atoms in total. The summed E-state index contributed by atoms with van der Waals surface area (Å²) in [6, 6.07) is 187. The molecule has 0 saturated carbocycles. The Labute approximate surface area is 872 Å². The Balaban J connectivity index is 0.000000103. The minimum atomic E-state index is 0.747. The van der Waals surface area contributed by atoms with Gasteiger partial charge in [0.15, 0.2) is 23.3 Å². The van der Waals surface area contributed by atoms with Crippen LogP contribution in [0.3, 0.4) is 0 Å². The molecule has 28 aromatic rings. The summed E-state index contributed by atoms with van der Waals surface area (Å²) in [7, 11) is 0. The van der Waals surface area contributed by atoms with Crippen molar-refractivity contribution in [3.63, 3.8) is 0 Å². The summed E-state index contributed by atoms with van der Waals surface area (Å²) < 4.78 is 4.90. The van der Waals surface area contributed by atoms with Gasteiger partial charge in [0.05, 0.1) is 22.8 Å². The lowest BCUT2D eigenvalue weighted by Crippen LogP contribution is -1.95. The van der Waals surface area contributed by atoms with E-state index in [1.807, 2.05) is 36.4 Å². The molecule has 0 aliphatic rings. The third kappa shape index (κ3) is 18.5. The highest BCUT2D eigenvalue weighted by molar-refractivity contribution is 7.26. The van der Waals surface area contributed by atoms with Gasteiger partial charge in [-0.15, -0.1) is 45.3 Å². The van der Waals surface area contributed by atoms with Crippen LogP contribution in [0, 0.1) is 0 Å². The van der Waals surface area contributed by atoms with Crippen molar-refractivity contribution in [3.05, 3.63) is 534 Å². The smallest absolute Gasteiger partial charge is 0.162 e. The average molecular weight is 1960 g/mol. The molecule has 0 spiro atoms. The second-order valence-electron chi connectivity index (χ2n) is 36.2. The van der Waals surface area contributed by atoms with Crippen LogP contribution >= 0.6 is 45.3 Å².